The molecule has 0 fully saturated rings. The molecule has 0 saturated heterocycles. The van der Waals surface area contributed by atoms with Gasteiger partial charge in [0.25, 0.3) is 0 Å². The summed E-state index contributed by atoms with van der Waals surface area (Å²) in [6, 6.07) is 26.9. The number of nitrogens with zero attached hydrogens (tertiary/aromatic N) is 1. The molecule has 3 aromatic carbocycles. The van der Waals surface area contributed by atoms with Gasteiger partial charge in [-0.05, 0) is 54.5 Å². The molecule has 0 bridgehead atoms. The highest BCUT2D eigenvalue weighted by molar-refractivity contribution is 7.98. The standard InChI is InChI=1S/C30H36N2O5S/c1-2-36-28(29(33)34)22-24-14-16-27(17-15-24)37-20-19-32(30(35)31-26-12-7-4-8-13-26)18-9-21-38-23-25-10-5-3-6-11-25/h3-8,10-17,28H,2,9,18-23H2,1H3,(H,31,35)(H,33,34). The number of amides is 2. The van der Waals surface area contributed by atoms with E-state index in [-0.39, 0.29) is 6.03 Å². The highest BCUT2D eigenvalue weighted by Crippen LogP contribution is 2.16. The van der Waals surface area contributed by atoms with Crippen LogP contribution >= 0.6 is 11.8 Å². The first-order valence-electron chi connectivity index (χ1n) is 12.8. The monoisotopic (exact) mass is 536 g/mol. The van der Waals surface area contributed by atoms with Gasteiger partial charge in [0.15, 0.2) is 6.10 Å². The maximum atomic E-state index is 13.0. The molecular formula is C30H36N2O5S. The van der Waals surface area contributed by atoms with E-state index in [1.165, 1.54) is 5.56 Å². The fourth-order valence-electron chi connectivity index (χ4n) is 3.79. The number of carboxylic acids is 1. The van der Waals surface area contributed by atoms with Crippen molar-refractivity contribution >= 4 is 29.4 Å². The smallest absolute Gasteiger partial charge is 0.333 e. The molecule has 8 heteroatoms. The molecule has 0 saturated carbocycles. The van der Waals surface area contributed by atoms with E-state index in [4.69, 9.17) is 9.47 Å². The lowest BCUT2D eigenvalue weighted by Crippen LogP contribution is -2.38. The molecule has 0 aliphatic carbocycles. The summed E-state index contributed by atoms with van der Waals surface area (Å²) < 4.78 is 11.2. The molecule has 3 aromatic rings. The average Bonchev–Trinajstić information content (AvgIpc) is 2.93. The van der Waals surface area contributed by atoms with Crippen LogP contribution in [0.3, 0.4) is 0 Å². The fraction of sp³-hybridized carbons (Fsp3) is 0.333. The summed E-state index contributed by atoms with van der Waals surface area (Å²) in [6.07, 6.45) is 0.298. The van der Waals surface area contributed by atoms with Crippen molar-refractivity contribution in [1.29, 1.82) is 0 Å². The molecule has 38 heavy (non-hydrogen) atoms. The predicted octanol–water partition coefficient (Wildman–Crippen LogP) is 5.96. The second-order valence-corrected chi connectivity index (χ2v) is 9.76. The van der Waals surface area contributed by atoms with Gasteiger partial charge >= 0.3 is 12.0 Å². The minimum atomic E-state index is -0.973. The molecule has 202 valence electrons. The SMILES string of the molecule is CCOC(Cc1ccc(OCCN(CCCSCc2ccccc2)C(=O)Nc2ccccc2)cc1)C(=O)O. The third-order valence-corrected chi connectivity index (χ3v) is 6.87. The molecule has 0 spiro atoms. The Morgan fingerprint density at radius 3 is 2.26 bits per heavy atom. The van der Waals surface area contributed by atoms with Crippen LogP contribution in [0.1, 0.15) is 24.5 Å². The Hall–Kier alpha value is -3.49. The number of hydrogen-bond donors (Lipinski definition) is 2. The van der Waals surface area contributed by atoms with Gasteiger partial charge < -0.3 is 24.8 Å². The number of benzene rings is 3. The van der Waals surface area contributed by atoms with Crippen LogP contribution in [0, 0.1) is 0 Å². The van der Waals surface area contributed by atoms with Gasteiger partial charge in [-0.15, -0.1) is 0 Å². The maximum Gasteiger partial charge on any atom is 0.333 e. The topological polar surface area (TPSA) is 88.1 Å². The third-order valence-electron chi connectivity index (χ3n) is 5.76. The number of anilines is 1. The quantitative estimate of drug-likeness (QED) is 0.220. The molecule has 1 unspecified atom stereocenters. The van der Waals surface area contributed by atoms with Crippen molar-refractivity contribution in [2.45, 2.75) is 31.6 Å². The summed E-state index contributed by atoms with van der Waals surface area (Å²) >= 11 is 1.86. The van der Waals surface area contributed by atoms with E-state index >= 15 is 0 Å². The normalized spacial score (nSPS) is 11.5. The molecule has 0 aliphatic rings. The number of aliphatic carboxylic acids is 1. The summed E-state index contributed by atoms with van der Waals surface area (Å²) in [5.74, 6) is 1.60. The van der Waals surface area contributed by atoms with Crippen molar-refractivity contribution in [1.82, 2.24) is 4.90 Å². The Morgan fingerprint density at radius 2 is 1.61 bits per heavy atom. The average molecular weight is 537 g/mol. The number of hydrogen-bond acceptors (Lipinski definition) is 5. The molecule has 2 N–H and O–H groups in total. The first kappa shape index (κ1) is 29.1. The van der Waals surface area contributed by atoms with Gasteiger partial charge in [-0.3, -0.25) is 0 Å². The molecular weight excluding hydrogens is 500 g/mol. The molecule has 1 atom stereocenters. The predicted molar refractivity (Wildman–Crippen MR) is 153 cm³/mol. The summed E-state index contributed by atoms with van der Waals surface area (Å²) in [6.45, 7) is 3.53. The van der Waals surface area contributed by atoms with Gasteiger partial charge in [-0.2, -0.15) is 11.8 Å². The van der Waals surface area contributed by atoms with Crippen LogP contribution in [0.25, 0.3) is 0 Å². The third kappa shape index (κ3) is 10.5. The van der Waals surface area contributed by atoms with Gasteiger partial charge in [0.05, 0.1) is 6.54 Å². The largest absolute Gasteiger partial charge is 0.492 e. The van der Waals surface area contributed by atoms with Gasteiger partial charge in [-0.25, -0.2) is 9.59 Å². The van der Waals surface area contributed by atoms with Gasteiger partial charge in [-0.1, -0.05) is 60.7 Å². The van der Waals surface area contributed by atoms with Crippen LogP contribution < -0.4 is 10.1 Å². The number of para-hydroxylation sites is 1. The lowest BCUT2D eigenvalue weighted by atomic mass is 10.1. The van der Waals surface area contributed by atoms with Crippen molar-refractivity contribution in [2.75, 3.05) is 37.4 Å². The van der Waals surface area contributed by atoms with E-state index in [9.17, 15) is 14.7 Å². The zero-order chi connectivity index (χ0) is 27.0. The Bertz CT molecular complexity index is 1100. The number of carbonyl (C=O) groups excluding carboxylic acids is 1. The van der Waals surface area contributed by atoms with Gasteiger partial charge in [0.1, 0.15) is 12.4 Å². The zero-order valence-electron chi connectivity index (χ0n) is 21.8. The lowest BCUT2D eigenvalue weighted by molar-refractivity contribution is -0.149. The van der Waals surface area contributed by atoms with Crippen molar-refractivity contribution < 1.29 is 24.2 Å². The second-order valence-electron chi connectivity index (χ2n) is 8.65. The number of thioether (sulfide) groups is 1. The van der Waals surface area contributed by atoms with E-state index < -0.39 is 12.1 Å². The number of ether oxygens (including phenoxy) is 2. The first-order valence-corrected chi connectivity index (χ1v) is 14.0. The lowest BCUT2D eigenvalue weighted by Gasteiger charge is -2.23. The van der Waals surface area contributed by atoms with E-state index in [1.54, 1.807) is 11.8 Å². The van der Waals surface area contributed by atoms with Crippen LogP contribution in [0.4, 0.5) is 10.5 Å². The van der Waals surface area contributed by atoms with Crippen LogP contribution in [0.2, 0.25) is 0 Å². The zero-order valence-corrected chi connectivity index (χ0v) is 22.6. The summed E-state index contributed by atoms with van der Waals surface area (Å²) in [5, 5.41) is 12.2. The Labute approximate surface area is 229 Å². The molecule has 2 amide bonds. The Balaban J connectivity index is 1.49. The van der Waals surface area contributed by atoms with E-state index in [0.717, 1.165) is 29.2 Å². The molecule has 0 radical (unpaired) electrons. The van der Waals surface area contributed by atoms with Crippen LogP contribution in [-0.2, 0) is 21.7 Å². The number of nitrogens with one attached hydrogen (secondary N) is 1. The van der Waals surface area contributed by atoms with E-state index in [0.29, 0.717) is 38.5 Å². The summed E-state index contributed by atoms with van der Waals surface area (Å²) in [5.41, 5.74) is 2.91. The molecule has 3 rings (SSSR count). The van der Waals surface area contributed by atoms with Crippen molar-refractivity contribution in [2.24, 2.45) is 0 Å². The van der Waals surface area contributed by atoms with Crippen molar-refractivity contribution in [3.8, 4) is 5.75 Å². The minimum Gasteiger partial charge on any atom is -0.492 e. The highest BCUT2D eigenvalue weighted by atomic mass is 32.2. The number of rotatable bonds is 16. The van der Waals surface area contributed by atoms with E-state index in [2.05, 4.69) is 17.4 Å². The minimum absolute atomic E-state index is 0.154. The summed E-state index contributed by atoms with van der Waals surface area (Å²) in [7, 11) is 0. The fourth-order valence-corrected chi connectivity index (χ4v) is 4.69. The highest BCUT2D eigenvalue weighted by Gasteiger charge is 2.18. The molecule has 0 aromatic heterocycles. The Kier molecular flexibility index (Phi) is 12.5. The molecule has 0 heterocycles. The van der Waals surface area contributed by atoms with Gasteiger partial charge in [0, 0.05) is 31.0 Å². The van der Waals surface area contributed by atoms with Crippen molar-refractivity contribution in [3.05, 3.63) is 96.1 Å². The molecule has 0 aliphatic heterocycles. The van der Waals surface area contributed by atoms with E-state index in [1.807, 2.05) is 84.6 Å². The van der Waals surface area contributed by atoms with Crippen LogP contribution in [0.15, 0.2) is 84.9 Å². The van der Waals surface area contributed by atoms with Crippen molar-refractivity contribution in [3.63, 3.8) is 0 Å². The second kappa shape index (κ2) is 16.4. The van der Waals surface area contributed by atoms with Crippen LogP contribution in [0.5, 0.6) is 5.75 Å². The Morgan fingerprint density at radius 1 is 0.921 bits per heavy atom. The maximum absolute atomic E-state index is 13.0. The summed E-state index contributed by atoms with van der Waals surface area (Å²) in [4.78, 5) is 26.1. The number of urea groups is 1. The first-order chi connectivity index (χ1) is 18.5. The van der Waals surface area contributed by atoms with Gasteiger partial charge in [0.2, 0.25) is 0 Å². The number of carbonyl (C=O) groups is 2. The molecule has 7 nitrogen and oxygen atoms in total. The number of carboxylic acid groups (broad SMARTS) is 1. The van der Waals surface area contributed by atoms with Crippen LogP contribution in [-0.4, -0.2) is 60.2 Å².